The maximum Gasteiger partial charge on any atom is 0.409 e. The van der Waals surface area contributed by atoms with E-state index in [0.29, 0.717) is 24.1 Å². The Morgan fingerprint density at radius 2 is 2.11 bits per heavy atom. The van der Waals surface area contributed by atoms with Crippen LogP contribution >= 0.6 is 0 Å². The summed E-state index contributed by atoms with van der Waals surface area (Å²) >= 11 is 0. The highest BCUT2D eigenvalue weighted by Gasteiger charge is 2.51. The van der Waals surface area contributed by atoms with Crippen molar-refractivity contribution in [1.82, 2.24) is 19.7 Å². The van der Waals surface area contributed by atoms with Crippen molar-refractivity contribution in [2.45, 2.75) is 64.6 Å². The molecule has 156 valence electrons. The first-order valence-corrected chi connectivity index (χ1v) is 10.9. The van der Waals surface area contributed by atoms with Crippen LogP contribution in [0.2, 0.25) is 0 Å². The van der Waals surface area contributed by atoms with Gasteiger partial charge in [0.15, 0.2) is 6.39 Å². The van der Waals surface area contributed by atoms with Crippen LogP contribution in [0.1, 0.15) is 51.7 Å². The zero-order valence-electron chi connectivity index (χ0n) is 17.3. The molecule has 1 amide bonds. The summed E-state index contributed by atoms with van der Waals surface area (Å²) < 4.78 is 10.6. The lowest BCUT2D eigenvalue weighted by Gasteiger charge is -2.52. The minimum Gasteiger partial charge on any atom is -0.450 e. The summed E-state index contributed by atoms with van der Waals surface area (Å²) in [5.41, 5.74) is 0.357. The first-order valence-electron chi connectivity index (χ1n) is 10.9. The molecule has 4 rings (SSSR count). The molecule has 7 nitrogen and oxygen atoms in total. The van der Waals surface area contributed by atoms with Gasteiger partial charge in [-0.05, 0) is 64.1 Å². The molecule has 1 aromatic heterocycles. The Morgan fingerprint density at radius 3 is 2.75 bits per heavy atom. The van der Waals surface area contributed by atoms with E-state index in [1.54, 1.807) is 0 Å². The second-order valence-electron chi connectivity index (χ2n) is 8.73. The quantitative estimate of drug-likeness (QED) is 0.744. The van der Waals surface area contributed by atoms with Crippen LogP contribution in [0.3, 0.4) is 0 Å². The van der Waals surface area contributed by atoms with Crippen molar-refractivity contribution in [3.8, 4) is 0 Å². The van der Waals surface area contributed by atoms with Gasteiger partial charge < -0.3 is 19.0 Å². The van der Waals surface area contributed by atoms with Crippen LogP contribution in [-0.2, 0) is 11.3 Å². The number of carbonyl (C=O) groups is 1. The number of hydrogen-bond acceptors (Lipinski definition) is 6. The van der Waals surface area contributed by atoms with Gasteiger partial charge in [-0.15, -0.1) is 0 Å². The third kappa shape index (κ3) is 4.06. The fraction of sp³-hybridized carbons (Fsp3) is 0.810. The lowest BCUT2D eigenvalue weighted by atomic mass is 9.64. The van der Waals surface area contributed by atoms with E-state index in [2.05, 4.69) is 21.7 Å². The van der Waals surface area contributed by atoms with Crippen molar-refractivity contribution in [2.24, 2.45) is 5.41 Å². The highest BCUT2D eigenvalue weighted by Crippen LogP contribution is 2.50. The van der Waals surface area contributed by atoms with Crippen LogP contribution in [-0.4, -0.2) is 77.2 Å². The van der Waals surface area contributed by atoms with Crippen LogP contribution in [0.25, 0.3) is 0 Å². The third-order valence-electron chi connectivity index (χ3n) is 7.08. The molecule has 1 spiro atoms. The fourth-order valence-electron chi connectivity index (χ4n) is 5.47. The van der Waals surface area contributed by atoms with Crippen molar-refractivity contribution >= 4 is 6.09 Å². The minimum absolute atomic E-state index is 0.130. The summed E-state index contributed by atoms with van der Waals surface area (Å²) in [4.78, 5) is 23.1. The molecule has 0 unspecified atom stereocenters. The molecule has 3 aliphatic rings. The van der Waals surface area contributed by atoms with E-state index in [1.165, 1.54) is 45.2 Å². The van der Waals surface area contributed by atoms with Crippen LogP contribution in [0.5, 0.6) is 0 Å². The number of rotatable bonds is 6. The standard InChI is InChI=1S/C21H34N4O3/c1-3-23(14-19-13-22-16-28-19)17-5-8-24(9-6-17)18-11-21(12-18)7-10-25(15-21)20(26)27-4-2/h13,16-18H,3-12,14-15H2,1-2H3. The zero-order chi connectivity index (χ0) is 19.6. The Hall–Kier alpha value is -1.60. The Bertz CT molecular complexity index is 636. The molecule has 0 aromatic carbocycles. The van der Waals surface area contributed by atoms with Crippen molar-refractivity contribution < 1.29 is 13.9 Å². The van der Waals surface area contributed by atoms with E-state index < -0.39 is 0 Å². The van der Waals surface area contributed by atoms with Gasteiger partial charge in [0.05, 0.1) is 19.3 Å². The Balaban J connectivity index is 1.22. The Morgan fingerprint density at radius 1 is 1.32 bits per heavy atom. The average molecular weight is 391 g/mol. The fourth-order valence-corrected chi connectivity index (χ4v) is 5.47. The van der Waals surface area contributed by atoms with Crippen LogP contribution in [0.15, 0.2) is 17.0 Å². The largest absolute Gasteiger partial charge is 0.450 e. The number of ether oxygens (including phenoxy) is 1. The predicted molar refractivity (Wildman–Crippen MR) is 106 cm³/mol. The van der Waals surface area contributed by atoms with Gasteiger partial charge >= 0.3 is 6.09 Å². The number of nitrogens with zero attached hydrogens (tertiary/aromatic N) is 4. The topological polar surface area (TPSA) is 62.1 Å². The highest BCUT2D eigenvalue weighted by atomic mass is 16.6. The third-order valence-corrected chi connectivity index (χ3v) is 7.08. The molecule has 3 fully saturated rings. The molecular formula is C21H34N4O3. The van der Waals surface area contributed by atoms with Gasteiger partial charge in [-0.2, -0.15) is 0 Å². The molecule has 1 saturated carbocycles. The van der Waals surface area contributed by atoms with Gasteiger partial charge in [-0.3, -0.25) is 4.90 Å². The normalized spacial score (nSPS) is 28.8. The predicted octanol–water partition coefficient (Wildman–Crippen LogP) is 2.97. The average Bonchev–Trinajstić information content (AvgIpc) is 3.35. The van der Waals surface area contributed by atoms with Crippen molar-refractivity contribution in [2.75, 3.05) is 39.3 Å². The van der Waals surface area contributed by atoms with Gasteiger partial charge in [-0.25, -0.2) is 9.78 Å². The van der Waals surface area contributed by atoms with Gasteiger partial charge in [0, 0.05) is 25.2 Å². The summed E-state index contributed by atoms with van der Waals surface area (Å²) in [7, 11) is 0. The lowest BCUT2D eigenvalue weighted by Crippen LogP contribution is -2.56. The number of aromatic nitrogens is 1. The lowest BCUT2D eigenvalue weighted by molar-refractivity contribution is -0.0168. The number of hydrogen-bond donors (Lipinski definition) is 0. The van der Waals surface area contributed by atoms with E-state index in [0.717, 1.165) is 38.4 Å². The van der Waals surface area contributed by atoms with E-state index in [1.807, 2.05) is 18.0 Å². The first kappa shape index (κ1) is 19.7. The van der Waals surface area contributed by atoms with Gasteiger partial charge in [0.2, 0.25) is 0 Å². The van der Waals surface area contributed by atoms with Crippen molar-refractivity contribution in [3.63, 3.8) is 0 Å². The number of amides is 1. The number of carbonyl (C=O) groups excluding carboxylic acids is 1. The zero-order valence-corrected chi connectivity index (χ0v) is 17.3. The van der Waals surface area contributed by atoms with Crippen LogP contribution in [0.4, 0.5) is 4.79 Å². The van der Waals surface area contributed by atoms with Gasteiger partial charge in [0.25, 0.3) is 0 Å². The van der Waals surface area contributed by atoms with Crippen molar-refractivity contribution in [1.29, 1.82) is 0 Å². The highest BCUT2D eigenvalue weighted by molar-refractivity contribution is 5.68. The molecule has 1 aliphatic carbocycles. The Labute approximate surface area is 168 Å². The maximum atomic E-state index is 12.0. The number of piperidine rings is 1. The second-order valence-corrected chi connectivity index (χ2v) is 8.73. The number of oxazole rings is 1. The van der Waals surface area contributed by atoms with E-state index in [-0.39, 0.29) is 6.09 Å². The summed E-state index contributed by atoms with van der Waals surface area (Å²) in [5.74, 6) is 0.956. The van der Waals surface area contributed by atoms with E-state index in [9.17, 15) is 4.79 Å². The molecule has 0 atom stereocenters. The maximum absolute atomic E-state index is 12.0. The summed E-state index contributed by atoms with van der Waals surface area (Å²) in [6.07, 6.45) is 9.28. The van der Waals surface area contributed by atoms with E-state index >= 15 is 0 Å². The summed E-state index contributed by atoms with van der Waals surface area (Å²) in [5, 5.41) is 0. The molecular weight excluding hydrogens is 356 g/mol. The van der Waals surface area contributed by atoms with Crippen molar-refractivity contribution in [3.05, 3.63) is 18.4 Å². The molecule has 0 radical (unpaired) electrons. The second kappa shape index (κ2) is 8.41. The number of likely N-dealkylation sites (tertiary alicyclic amines) is 2. The summed E-state index contributed by atoms with van der Waals surface area (Å²) in [6.45, 7) is 10.6. The SMILES string of the molecule is CCOC(=O)N1CCC2(CC(N3CCC(N(CC)Cc4cnco4)CC3)C2)C1. The molecule has 7 heteroatoms. The molecule has 1 aromatic rings. The molecule has 2 aliphatic heterocycles. The van der Waals surface area contributed by atoms with E-state index in [4.69, 9.17) is 9.15 Å². The van der Waals surface area contributed by atoms with Crippen LogP contribution in [0, 0.1) is 5.41 Å². The monoisotopic (exact) mass is 390 g/mol. The smallest absolute Gasteiger partial charge is 0.409 e. The van der Waals surface area contributed by atoms with Crippen LogP contribution < -0.4 is 0 Å². The molecule has 0 N–H and O–H groups in total. The first-order chi connectivity index (χ1) is 13.6. The molecule has 0 bridgehead atoms. The van der Waals surface area contributed by atoms with Gasteiger partial charge in [-0.1, -0.05) is 6.92 Å². The molecule has 3 heterocycles. The molecule has 2 saturated heterocycles. The Kier molecular flexibility index (Phi) is 5.92. The van der Waals surface area contributed by atoms with Gasteiger partial charge in [0.1, 0.15) is 5.76 Å². The summed E-state index contributed by atoms with van der Waals surface area (Å²) in [6, 6.07) is 1.33. The molecule has 28 heavy (non-hydrogen) atoms. The minimum atomic E-state index is -0.130.